The average Bonchev–Trinajstić information content (AvgIpc) is 3.37. The van der Waals surface area contributed by atoms with Gasteiger partial charge >= 0.3 is 24.1 Å². The third kappa shape index (κ3) is 10.3. The molecule has 2 N–H and O–H groups in total. The van der Waals surface area contributed by atoms with Crippen molar-refractivity contribution in [2.24, 2.45) is 0 Å². The predicted molar refractivity (Wildman–Crippen MR) is 222 cm³/mol. The first kappa shape index (κ1) is 41.6. The Hall–Kier alpha value is -5.06. The molecular weight excluding hydrogens is 845 g/mol. The minimum absolute atomic E-state index is 0.0326. The smallest absolute Gasteiger partial charge is 0.410 e. The maximum absolute atomic E-state index is 14.2. The number of fused-ring (bicyclic) bond motifs is 1. The summed E-state index contributed by atoms with van der Waals surface area (Å²) in [6, 6.07) is 18.1. The van der Waals surface area contributed by atoms with E-state index in [4.69, 9.17) is 14.2 Å². The van der Waals surface area contributed by atoms with Crippen LogP contribution in [0.1, 0.15) is 59.3 Å². The Morgan fingerprint density at radius 1 is 0.877 bits per heavy atom. The molecule has 14 nitrogen and oxygen atoms in total. The second kappa shape index (κ2) is 18.0. The van der Waals surface area contributed by atoms with Gasteiger partial charge in [-0.1, -0.05) is 52.9 Å². The van der Waals surface area contributed by atoms with E-state index in [1.54, 1.807) is 61.8 Å². The number of phenolic OH excluding ortho intramolecular Hbond substituents is 1. The zero-order chi connectivity index (χ0) is 40.9. The molecule has 2 saturated heterocycles. The molecule has 3 aromatic carbocycles. The molecule has 15 heteroatoms. The fourth-order valence-corrected chi connectivity index (χ4v) is 7.60. The SMILES string of the molecule is Cc1cc(C[C@@H](OC(=O)N2CCC(N3CCc4ccccc4NC3=O)CC2)C(=O)N2CCN(c3ccc(C(=O)OCOC(=O)C(C)(C)I)cc3)CC2)cc(C)c1O. The van der Waals surface area contributed by atoms with Crippen LogP contribution in [-0.2, 0) is 36.6 Å². The molecule has 0 bridgehead atoms. The number of carbonyl (C=O) groups excluding carboxylic acids is 5. The van der Waals surface area contributed by atoms with Crippen molar-refractivity contribution in [1.82, 2.24) is 14.7 Å². The summed E-state index contributed by atoms with van der Waals surface area (Å²) in [6.45, 7) is 9.66. The summed E-state index contributed by atoms with van der Waals surface area (Å²) in [6.07, 6.45) is 0.399. The molecule has 0 aliphatic carbocycles. The lowest BCUT2D eigenvalue weighted by Crippen LogP contribution is -2.54. The van der Waals surface area contributed by atoms with Crippen molar-refractivity contribution in [2.45, 2.75) is 68.9 Å². The zero-order valence-corrected chi connectivity index (χ0v) is 35.0. The summed E-state index contributed by atoms with van der Waals surface area (Å²) < 4.78 is 15.4. The second-order valence-corrected chi connectivity index (χ2v) is 17.9. The number of hydrogen-bond donors (Lipinski definition) is 2. The number of likely N-dealkylation sites (tertiary alicyclic amines) is 1. The number of benzene rings is 3. The molecule has 0 unspecified atom stereocenters. The molecule has 2 fully saturated rings. The van der Waals surface area contributed by atoms with Crippen LogP contribution in [0.5, 0.6) is 5.75 Å². The third-order valence-electron chi connectivity index (χ3n) is 10.7. The van der Waals surface area contributed by atoms with Crippen molar-refractivity contribution < 1.29 is 43.3 Å². The molecule has 4 amide bonds. The maximum atomic E-state index is 14.2. The van der Waals surface area contributed by atoms with Gasteiger partial charge in [0.15, 0.2) is 6.10 Å². The van der Waals surface area contributed by atoms with E-state index in [2.05, 4.69) is 10.2 Å². The van der Waals surface area contributed by atoms with Gasteiger partial charge in [0.05, 0.1) is 5.56 Å². The molecule has 0 aromatic heterocycles. The number of aromatic hydroxyl groups is 1. The number of halogens is 1. The molecule has 3 aliphatic rings. The number of anilines is 2. The summed E-state index contributed by atoms with van der Waals surface area (Å²) in [5, 5.41) is 13.4. The topological polar surface area (TPSA) is 158 Å². The van der Waals surface area contributed by atoms with Crippen molar-refractivity contribution in [1.29, 1.82) is 0 Å². The first-order valence-electron chi connectivity index (χ1n) is 19.2. The summed E-state index contributed by atoms with van der Waals surface area (Å²) in [7, 11) is 0. The highest BCUT2D eigenvalue weighted by Gasteiger charge is 2.36. The standard InChI is InChI=1S/C42H50IN5O9/c1-27-23-29(24-28(2)36(27)49)25-35(57-41(54)47-16-14-33(15-17-47)48-18-13-30-7-5-6-8-34(30)44-40(48)53)37(50)46-21-19-45(20-22-46)32-11-9-31(10-12-32)38(51)55-26-56-39(52)42(3,4)43/h5-12,23-24,33,35,49H,13-22,25-26H2,1-4H3,(H,44,53)/t35-/m1/s1. The number of nitrogens with one attached hydrogen (secondary N) is 1. The Balaban J connectivity index is 1.05. The lowest BCUT2D eigenvalue weighted by Gasteiger charge is -2.39. The fourth-order valence-electron chi connectivity index (χ4n) is 7.44. The first-order valence-corrected chi connectivity index (χ1v) is 20.3. The Bertz CT molecular complexity index is 1950. The van der Waals surface area contributed by atoms with Crippen LogP contribution in [0.2, 0.25) is 0 Å². The molecule has 0 spiro atoms. The average molecular weight is 896 g/mol. The van der Waals surface area contributed by atoms with Crippen LogP contribution in [0.15, 0.2) is 60.7 Å². The third-order valence-corrected chi connectivity index (χ3v) is 11.2. The van der Waals surface area contributed by atoms with E-state index in [1.165, 1.54) is 0 Å². The number of urea groups is 1. The van der Waals surface area contributed by atoms with Crippen LogP contribution in [0.25, 0.3) is 0 Å². The number of piperazine rings is 1. The Labute approximate surface area is 346 Å². The number of phenols is 1. The number of ether oxygens (including phenoxy) is 3. The molecule has 57 heavy (non-hydrogen) atoms. The van der Waals surface area contributed by atoms with Gasteiger partial charge in [0, 0.05) is 69.7 Å². The van der Waals surface area contributed by atoms with Gasteiger partial charge in [-0.05, 0) is 99.5 Å². The summed E-state index contributed by atoms with van der Waals surface area (Å²) in [5.41, 5.74) is 5.20. The van der Waals surface area contributed by atoms with E-state index in [-0.39, 0.29) is 30.2 Å². The lowest BCUT2D eigenvalue weighted by molar-refractivity contribution is -0.153. The van der Waals surface area contributed by atoms with Crippen molar-refractivity contribution >= 4 is 63.9 Å². The van der Waals surface area contributed by atoms with Crippen LogP contribution >= 0.6 is 22.6 Å². The predicted octanol–water partition coefficient (Wildman–Crippen LogP) is 5.83. The molecule has 0 saturated carbocycles. The summed E-state index contributed by atoms with van der Waals surface area (Å²) >= 11 is 1.95. The van der Waals surface area contributed by atoms with Gasteiger partial charge in [-0.3, -0.25) is 9.59 Å². The molecule has 0 radical (unpaired) electrons. The van der Waals surface area contributed by atoms with Gasteiger partial charge in [-0.25, -0.2) is 14.4 Å². The highest BCUT2D eigenvalue weighted by Crippen LogP contribution is 2.28. The van der Waals surface area contributed by atoms with Crippen LogP contribution < -0.4 is 10.2 Å². The van der Waals surface area contributed by atoms with E-state index >= 15 is 0 Å². The number of esters is 2. The molecule has 3 aliphatic heterocycles. The van der Waals surface area contributed by atoms with Gasteiger partial charge in [-0.15, -0.1) is 0 Å². The first-order chi connectivity index (χ1) is 27.2. The highest BCUT2D eigenvalue weighted by atomic mass is 127. The normalized spacial score (nSPS) is 16.9. The minimum atomic E-state index is -1.09. The quantitative estimate of drug-likeness (QED) is 0.110. The number of carbonyl (C=O) groups is 5. The van der Waals surface area contributed by atoms with Gasteiger partial charge in [0.25, 0.3) is 5.91 Å². The van der Waals surface area contributed by atoms with Crippen molar-refractivity contribution in [2.75, 3.05) is 62.8 Å². The molecule has 3 aromatic rings. The monoisotopic (exact) mass is 895 g/mol. The second-order valence-electron chi connectivity index (χ2n) is 15.2. The molecular formula is C42H50IN5O9. The van der Waals surface area contributed by atoms with Crippen molar-refractivity contribution in [3.63, 3.8) is 0 Å². The fraction of sp³-hybridized carbons (Fsp3) is 0.452. The lowest BCUT2D eigenvalue weighted by atomic mass is 10.0. The molecule has 3 heterocycles. The highest BCUT2D eigenvalue weighted by molar-refractivity contribution is 14.1. The van der Waals surface area contributed by atoms with E-state index in [0.29, 0.717) is 75.3 Å². The number of alkyl halides is 1. The van der Waals surface area contributed by atoms with Gasteiger partial charge in [0.1, 0.15) is 9.17 Å². The van der Waals surface area contributed by atoms with Gasteiger partial charge in [-0.2, -0.15) is 0 Å². The van der Waals surface area contributed by atoms with E-state index in [1.807, 2.05) is 63.9 Å². The van der Waals surface area contributed by atoms with Crippen molar-refractivity contribution in [3.05, 3.63) is 88.5 Å². The number of piperidine rings is 1. The zero-order valence-electron chi connectivity index (χ0n) is 32.8. The number of para-hydroxylation sites is 1. The van der Waals surface area contributed by atoms with Crippen LogP contribution in [0, 0.1) is 13.8 Å². The van der Waals surface area contributed by atoms with E-state index in [9.17, 15) is 29.1 Å². The molecule has 304 valence electrons. The number of rotatable bonds is 10. The van der Waals surface area contributed by atoms with Gasteiger partial charge in [0.2, 0.25) is 6.79 Å². The molecule has 6 rings (SSSR count). The molecule has 1 atom stereocenters. The summed E-state index contributed by atoms with van der Waals surface area (Å²) in [4.78, 5) is 72.7. The van der Waals surface area contributed by atoms with E-state index in [0.717, 1.165) is 28.9 Å². The minimum Gasteiger partial charge on any atom is -0.507 e. The van der Waals surface area contributed by atoms with Crippen molar-refractivity contribution in [3.8, 4) is 5.75 Å². The van der Waals surface area contributed by atoms with Gasteiger partial charge < -0.3 is 44.2 Å². The maximum Gasteiger partial charge on any atom is 0.410 e. The van der Waals surface area contributed by atoms with Crippen LogP contribution in [0.3, 0.4) is 0 Å². The Kier molecular flexibility index (Phi) is 13.2. The van der Waals surface area contributed by atoms with Crippen LogP contribution in [-0.4, -0.2) is 118 Å². The number of amides is 4. The summed E-state index contributed by atoms with van der Waals surface area (Å²) in [5.74, 6) is -1.21. The largest absolute Gasteiger partial charge is 0.507 e. The Morgan fingerprint density at radius 2 is 1.53 bits per heavy atom. The number of nitrogens with zero attached hydrogens (tertiary/aromatic N) is 4. The Morgan fingerprint density at radius 3 is 2.18 bits per heavy atom. The number of aryl methyl sites for hydroxylation is 2. The number of hydrogen-bond acceptors (Lipinski definition) is 10. The van der Waals surface area contributed by atoms with E-state index < -0.39 is 34.4 Å². The van der Waals surface area contributed by atoms with Crippen LogP contribution in [0.4, 0.5) is 21.0 Å².